The van der Waals surface area contributed by atoms with Crippen molar-refractivity contribution in [2.45, 2.75) is 19.4 Å². The Hall–Kier alpha value is -0.670. The number of hydrogen-bond acceptors (Lipinski definition) is 1. The molecule has 4 heteroatoms. The summed E-state index contributed by atoms with van der Waals surface area (Å²) in [5.74, 6) is -0.940. The van der Waals surface area contributed by atoms with E-state index in [1.54, 1.807) is 0 Å². The Labute approximate surface area is 94.5 Å². The fourth-order valence-corrected chi connectivity index (χ4v) is 1.83. The maximum absolute atomic E-state index is 13.2. The lowest BCUT2D eigenvalue weighted by Gasteiger charge is -2.14. The van der Waals surface area contributed by atoms with Gasteiger partial charge in [0.2, 0.25) is 0 Å². The van der Waals surface area contributed by atoms with Crippen LogP contribution in [0, 0.1) is 11.6 Å². The van der Waals surface area contributed by atoms with Gasteiger partial charge in [-0.3, -0.25) is 4.90 Å². The number of halogens is 3. The number of rotatable bonds is 2. The first-order chi connectivity index (χ1) is 6.75. The molecule has 0 bridgehead atoms. The van der Waals surface area contributed by atoms with Gasteiger partial charge in [-0.25, -0.2) is 8.78 Å². The summed E-state index contributed by atoms with van der Waals surface area (Å²) in [6.07, 6.45) is 2.37. The molecule has 1 aliphatic heterocycles. The zero-order chi connectivity index (χ0) is 9.97. The highest BCUT2D eigenvalue weighted by Gasteiger charge is 2.13. The molecule has 0 unspecified atom stereocenters. The second-order valence-electron chi connectivity index (χ2n) is 3.72. The molecule has 0 saturated carbocycles. The second-order valence-corrected chi connectivity index (χ2v) is 3.72. The van der Waals surface area contributed by atoms with E-state index in [1.165, 1.54) is 25.0 Å². The summed E-state index contributed by atoms with van der Waals surface area (Å²) in [5.41, 5.74) is 0.591. The molecule has 1 aliphatic rings. The molecule has 1 aromatic carbocycles. The molecule has 0 aromatic heterocycles. The molecule has 1 heterocycles. The Morgan fingerprint density at radius 2 is 1.80 bits per heavy atom. The monoisotopic (exact) mass is 233 g/mol. The highest BCUT2D eigenvalue weighted by Crippen LogP contribution is 2.15. The summed E-state index contributed by atoms with van der Waals surface area (Å²) < 4.78 is 25.8. The van der Waals surface area contributed by atoms with Crippen LogP contribution in [-0.4, -0.2) is 18.0 Å². The molecule has 1 saturated heterocycles. The molecule has 0 spiro atoms. The third-order valence-electron chi connectivity index (χ3n) is 2.61. The van der Waals surface area contributed by atoms with Crippen LogP contribution in [0.15, 0.2) is 18.2 Å². The first-order valence-electron chi connectivity index (χ1n) is 4.92. The van der Waals surface area contributed by atoms with Gasteiger partial charge >= 0.3 is 0 Å². The average molecular weight is 234 g/mol. The summed E-state index contributed by atoms with van der Waals surface area (Å²) >= 11 is 0. The molecular weight excluding hydrogens is 220 g/mol. The Bertz CT molecular complexity index is 324. The highest BCUT2D eigenvalue weighted by molar-refractivity contribution is 5.85. The summed E-state index contributed by atoms with van der Waals surface area (Å²) in [5, 5.41) is 0. The van der Waals surface area contributed by atoms with E-state index in [9.17, 15) is 8.78 Å². The summed E-state index contributed by atoms with van der Waals surface area (Å²) in [4.78, 5) is 2.19. The summed E-state index contributed by atoms with van der Waals surface area (Å²) in [6, 6.07) is 3.79. The molecule has 1 aromatic rings. The minimum Gasteiger partial charge on any atom is -0.299 e. The minimum absolute atomic E-state index is 0. The van der Waals surface area contributed by atoms with E-state index >= 15 is 0 Å². The van der Waals surface area contributed by atoms with Crippen LogP contribution in [0.2, 0.25) is 0 Å². The van der Waals surface area contributed by atoms with E-state index in [4.69, 9.17) is 0 Å². The van der Waals surface area contributed by atoms with Gasteiger partial charge in [-0.2, -0.15) is 0 Å². The number of likely N-dealkylation sites (tertiary alicyclic amines) is 1. The SMILES string of the molecule is Cl.Fc1ccc(CN2CCCC2)c(F)c1. The third-order valence-corrected chi connectivity index (χ3v) is 2.61. The third kappa shape index (κ3) is 3.14. The van der Waals surface area contributed by atoms with Gasteiger partial charge in [-0.1, -0.05) is 6.07 Å². The first-order valence-corrected chi connectivity index (χ1v) is 4.92. The van der Waals surface area contributed by atoms with Crippen molar-refractivity contribution in [3.05, 3.63) is 35.4 Å². The quantitative estimate of drug-likeness (QED) is 0.759. The summed E-state index contributed by atoms with van der Waals surface area (Å²) in [6.45, 7) is 2.65. The van der Waals surface area contributed by atoms with Crippen LogP contribution >= 0.6 is 12.4 Å². The van der Waals surface area contributed by atoms with Crippen LogP contribution in [0.4, 0.5) is 8.78 Å². The zero-order valence-electron chi connectivity index (χ0n) is 8.38. The van der Waals surface area contributed by atoms with Gasteiger partial charge in [0.15, 0.2) is 0 Å². The lowest BCUT2D eigenvalue weighted by Crippen LogP contribution is -2.19. The van der Waals surface area contributed by atoms with Gasteiger partial charge < -0.3 is 0 Å². The number of nitrogens with zero attached hydrogens (tertiary/aromatic N) is 1. The molecule has 0 amide bonds. The van der Waals surface area contributed by atoms with E-state index < -0.39 is 11.6 Å². The van der Waals surface area contributed by atoms with Gasteiger partial charge in [-0.05, 0) is 32.0 Å². The van der Waals surface area contributed by atoms with E-state index in [0.29, 0.717) is 12.1 Å². The standard InChI is InChI=1S/C11H13F2N.ClH/c12-10-4-3-9(11(13)7-10)8-14-5-1-2-6-14;/h3-4,7H,1-2,5-6,8H2;1H. The molecule has 0 N–H and O–H groups in total. The predicted molar refractivity (Wildman–Crippen MR) is 58.1 cm³/mol. The van der Waals surface area contributed by atoms with Crippen molar-refractivity contribution < 1.29 is 8.78 Å². The van der Waals surface area contributed by atoms with Crippen LogP contribution in [0.5, 0.6) is 0 Å². The van der Waals surface area contributed by atoms with Crippen molar-refractivity contribution in [2.24, 2.45) is 0 Å². The first kappa shape index (κ1) is 12.4. The van der Waals surface area contributed by atoms with Gasteiger partial charge in [0.25, 0.3) is 0 Å². The molecule has 0 radical (unpaired) electrons. The Kier molecular flexibility index (Phi) is 4.48. The molecule has 84 valence electrons. The van der Waals surface area contributed by atoms with Crippen molar-refractivity contribution in [3.8, 4) is 0 Å². The van der Waals surface area contributed by atoms with E-state index in [-0.39, 0.29) is 12.4 Å². The van der Waals surface area contributed by atoms with Crippen LogP contribution in [0.25, 0.3) is 0 Å². The maximum Gasteiger partial charge on any atom is 0.130 e. The molecule has 1 fully saturated rings. The van der Waals surface area contributed by atoms with Gasteiger partial charge in [0, 0.05) is 18.2 Å². The molecule has 1 nitrogen and oxygen atoms in total. The topological polar surface area (TPSA) is 3.24 Å². The van der Waals surface area contributed by atoms with Crippen molar-refractivity contribution in [1.82, 2.24) is 4.90 Å². The highest BCUT2D eigenvalue weighted by atomic mass is 35.5. The van der Waals surface area contributed by atoms with Gasteiger partial charge in [-0.15, -0.1) is 12.4 Å². The molecule has 0 aliphatic carbocycles. The second kappa shape index (κ2) is 5.42. The average Bonchev–Trinajstić information content (AvgIpc) is 2.62. The van der Waals surface area contributed by atoms with Crippen molar-refractivity contribution >= 4 is 12.4 Å². The van der Waals surface area contributed by atoms with Crippen LogP contribution in [0.3, 0.4) is 0 Å². The molecule has 0 atom stereocenters. The minimum atomic E-state index is -0.507. The normalized spacial score (nSPS) is 16.4. The van der Waals surface area contributed by atoms with Crippen LogP contribution < -0.4 is 0 Å². The Morgan fingerprint density at radius 3 is 2.40 bits per heavy atom. The molecule has 2 rings (SSSR count). The van der Waals surface area contributed by atoms with E-state index in [1.807, 2.05) is 0 Å². The fraction of sp³-hybridized carbons (Fsp3) is 0.455. The lowest BCUT2D eigenvalue weighted by molar-refractivity contribution is 0.325. The zero-order valence-corrected chi connectivity index (χ0v) is 9.20. The smallest absolute Gasteiger partial charge is 0.130 e. The van der Waals surface area contributed by atoms with Crippen molar-refractivity contribution in [3.63, 3.8) is 0 Å². The lowest BCUT2D eigenvalue weighted by atomic mass is 10.2. The van der Waals surface area contributed by atoms with E-state index in [0.717, 1.165) is 19.2 Å². The number of hydrogen-bond donors (Lipinski definition) is 0. The van der Waals surface area contributed by atoms with E-state index in [2.05, 4.69) is 4.90 Å². The van der Waals surface area contributed by atoms with Crippen molar-refractivity contribution in [1.29, 1.82) is 0 Å². The summed E-state index contributed by atoms with van der Waals surface area (Å²) in [7, 11) is 0. The Balaban J connectivity index is 0.00000112. The fourth-order valence-electron chi connectivity index (χ4n) is 1.83. The van der Waals surface area contributed by atoms with Crippen LogP contribution in [-0.2, 0) is 6.54 Å². The number of benzene rings is 1. The molecule has 15 heavy (non-hydrogen) atoms. The Morgan fingerprint density at radius 1 is 1.13 bits per heavy atom. The van der Waals surface area contributed by atoms with Gasteiger partial charge in [0.1, 0.15) is 11.6 Å². The largest absolute Gasteiger partial charge is 0.299 e. The maximum atomic E-state index is 13.2. The molecular formula is C11H14ClF2N. The van der Waals surface area contributed by atoms with Crippen LogP contribution in [0.1, 0.15) is 18.4 Å². The van der Waals surface area contributed by atoms with Crippen molar-refractivity contribution in [2.75, 3.05) is 13.1 Å². The predicted octanol–water partition coefficient (Wildman–Crippen LogP) is 2.98. The van der Waals surface area contributed by atoms with Gasteiger partial charge in [0.05, 0.1) is 0 Å².